The van der Waals surface area contributed by atoms with Crippen molar-refractivity contribution in [2.75, 3.05) is 31.1 Å². The van der Waals surface area contributed by atoms with E-state index in [1.807, 2.05) is 28.9 Å². The van der Waals surface area contributed by atoms with Crippen molar-refractivity contribution in [3.8, 4) is 0 Å². The lowest BCUT2D eigenvalue weighted by Crippen LogP contribution is -2.48. The Morgan fingerprint density at radius 2 is 1.73 bits per heavy atom. The molecule has 4 heterocycles. The van der Waals surface area contributed by atoms with Crippen LogP contribution in [-0.4, -0.2) is 56.3 Å². The Morgan fingerprint density at radius 1 is 0.909 bits per heavy atom. The van der Waals surface area contributed by atoms with Crippen LogP contribution in [0.3, 0.4) is 0 Å². The number of tetrazole rings is 1. The average Bonchev–Trinajstić information content (AvgIpc) is 3.62. The molecular formula is C24H23N7OS. The van der Waals surface area contributed by atoms with Gasteiger partial charge < -0.3 is 9.32 Å². The number of benzene rings is 2. The fourth-order valence-corrected chi connectivity index (χ4v) is 5.41. The summed E-state index contributed by atoms with van der Waals surface area (Å²) in [6, 6.07) is 22.6. The Balaban J connectivity index is 1.26. The first-order valence-electron chi connectivity index (χ1n) is 11.0. The second kappa shape index (κ2) is 8.76. The second-order valence-corrected chi connectivity index (χ2v) is 9.08. The van der Waals surface area contributed by atoms with Gasteiger partial charge in [-0.3, -0.25) is 4.90 Å². The molecule has 2 aromatic carbocycles. The average molecular weight is 458 g/mol. The van der Waals surface area contributed by atoms with E-state index in [1.165, 1.54) is 10.3 Å². The van der Waals surface area contributed by atoms with Gasteiger partial charge in [0.25, 0.3) is 0 Å². The lowest BCUT2D eigenvalue weighted by Gasteiger charge is -2.38. The zero-order chi connectivity index (χ0) is 22.0. The fourth-order valence-electron chi connectivity index (χ4n) is 4.40. The Labute approximate surface area is 195 Å². The molecule has 1 aliphatic rings. The predicted molar refractivity (Wildman–Crippen MR) is 127 cm³/mol. The van der Waals surface area contributed by atoms with Gasteiger partial charge in [-0.1, -0.05) is 53.8 Å². The van der Waals surface area contributed by atoms with E-state index in [0.29, 0.717) is 6.54 Å². The van der Waals surface area contributed by atoms with Crippen molar-refractivity contribution in [1.29, 1.82) is 0 Å². The first-order chi connectivity index (χ1) is 16.3. The molecule has 6 rings (SSSR count). The normalized spacial score (nSPS) is 15.8. The van der Waals surface area contributed by atoms with Crippen LogP contribution in [0.4, 0.5) is 5.13 Å². The minimum absolute atomic E-state index is 0.0336. The Kier molecular flexibility index (Phi) is 5.33. The van der Waals surface area contributed by atoms with Crippen molar-refractivity contribution in [3.05, 3.63) is 90.1 Å². The maximum absolute atomic E-state index is 5.54. The van der Waals surface area contributed by atoms with Gasteiger partial charge in [-0.05, 0) is 40.3 Å². The van der Waals surface area contributed by atoms with Crippen LogP contribution in [0.25, 0.3) is 10.2 Å². The molecule has 166 valence electrons. The summed E-state index contributed by atoms with van der Waals surface area (Å²) in [6.07, 6.45) is 1.68. The molecule has 0 spiro atoms. The highest BCUT2D eigenvalue weighted by atomic mass is 32.1. The summed E-state index contributed by atoms with van der Waals surface area (Å²) >= 11 is 1.76. The molecule has 1 aliphatic heterocycles. The largest absolute Gasteiger partial charge is 0.467 e. The third kappa shape index (κ3) is 4.01. The number of nitrogens with zero attached hydrogens (tertiary/aromatic N) is 7. The third-order valence-electron chi connectivity index (χ3n) is 6.04. The molecular weight excluding hydrogens is 434 g/mol. The van der Waals surface area contributed by atoms with Crippen molar-refractivity contribution in [1.82, 2.24) is 30.1 Å². The van der Waals surface area contributed by atoms with Gasteiger partial charge in [0, 0.05) is 26.2 Å². The van der Waals surface area contributed by atoms with E-state index in [9.17, 15) is 0 Å². The van der Waals surface area contributed by atoms with Gasteiger partial charge in [-0.2, -0.15) is 0 Å². The summed E-state index contributed by atoms with van der Waals surface area (Å²) in [4.78, 5) is 9.70. The Morgan fingerprint density at radius 3 is 2.52 bits per heavy atom. The second-order valence-electron chi connectivity index (χ2n) is 8.07. The third-order valence-corrected chi connectivity index (χ3v) is 7.13. The highest BCUT2D eigenvalue weighted by Gasteiger charge is 2.31. The fraction of sp³-hybridized carbons (Fsp3) is 0.250. The maximum atomic E-state index is 5.54. The van der Waals surface area contributed by atoms with E-state index in [1.54, 1.807) is 17.6 Å². The quantitative estimate of drug-likeness (QED) is 0.383. The monoisotopic (exact) mass is 457 g/mol. The molecule has 0 radical (unpaired) electrons. The molecule has 0 saturated carbocycles. The van der Waals surface area contributed by atoms with Crippen LogP contribution in [0, 0.1) is 0 Å². The summed E-state index contributed by atoms with van der Waals surface area (Å²) in [5.74, 6) is 1.65. The molecule has 8 nitrogen and oxygen atoms in total. The van der Waals surface area contributed by atoms with Crippen molar-refractivity contribution in [2.24, 2.45) is 0 Å². The zero-order valence-electron chi connectivity index (χ0n) is 18.0. The number of hydrogen-bond acceptors (Lipinski definition) is 8. The zero-order valence-corrected chi connectivity index (χ0v) is 18.8. The van der Waals surface area contributed by atoms with Crippen LogP contribution < -0.4 is 4.90 Å². The lowest BCUT2D eigenvalue weighted by atomic mass is 10.0. The van der Waals surface area contributed by atoms with Crippen LogP contribution in [-0.2, 0) is 6.54 Å². The number of fused-ring (bicyclic) bond motifs is 1. The van der Waals surface area contributed by atoms with Crippen LogP contribution in [0.2, 0.25) is 0 Å². The number of rotatable bonds is 6. The molecule has 1 unspecified atom stereocenters. The molecule has 3 aromatic heterocycles. The molecule has 5 aromatic rings. The van der Waals surface area contributed by atoms with E-state index in [0.717, 1.165) is 48.4 Å². The predicted octanol–water partition coefficient (Wildman–Crippen LogP) is 3.84. The van der Waals surface area contributed by atoms with Crippen molar-refractivity contribution >= 4 is 26.7 Å². The standard InChI is InChI=1S/C24H23N7OS/c1-2-7-18(8-3-1)22(23-26-27-28-31(23)17-19-9-6-16-32-19)29-12-14-30(15-13-29)24-25-20-10-4-5-11-21(20)33-24/h1-11,16,22H,12-15,17H2. The number of hydrogen-bond donors (Lipinski definition) is 0. The van der Waals surface area contributed by atoms with Gasteiger partial charge in [-0.25, -0.2) is 9.67 Å². The van der Waals surface area contributed by atoms with Crippen molar-refractivity contribution in [2.45, 2.75) is 12.6 Å². The number of furan rings is 1. The number of anilines is 1. The Hall–Kier alpha value is -3.56. The van der Waals surface area contributed by atoms with Crippen LogP contribution in [0.1, 0.15) is 23.2 Å². The van der Waals surface area contributed by atoms with Gasteiger partial charge in [-0.15, -0.1) is 5.10 Å². The molecule has 1 fully saturated rings. The molecule has 1 saturated heterocycles. The summed E-state index contributed by atoms with van der Waals surface area (Å²) in [6.45, 7) is 4.10. The van der Waals surface area contributed by atoms with Gasteiger partial charge >= 0.3 is 0 Å². The summed E-state index contributed by atoms with van der Waals surface area (Å²) < 4.78 is 8.61. The first kappa shape index (κ1) is 20.1. The molecule has 9 heteroatoms. The minimum Gasteiger partial charge on any atom is -0.467 e. The van der Waals surface area contributed by atoms with Gasteiger partial charge in [0.1, 0.15) is 12.3 Å². The smallest absolute Gasteiger partial charge is 0.186 e. The number of piperazine rings is 1. The Bertz CT molecular complexity index is 1290. The lowest BCUT2D eigenvalue weighted by molar-refractivity contribution is 0.201. The van der Waals surface area contributed by atoms with E-state index in [4.69, 9.17) is 9.40 Å². The maximum Gasteiger partial charge on any atom is 0.186 e. The number of aromatic nitrogens is 5. The molecule has 33 heavy (non-hydrogen) atoms. The molecule has 0 amide bonds. The molecule has 0 N–H and O–H groups in total. The molecule has 1 atom stereocenters. The van der Waals surface area contributed by atoms with Gasteiger partial charge in [0.05, 0.1) is 22.5 Å². The highest BCUT2D eigenvalue weighted by Crippen LogP contribution is 2.32. The highest BCUT2D eigenvalue weighted by molar-refractivity contribution is 7.22. The molecule has 0 aliphatic carbocycles. The first-order valence-corrected chi connectivity index (χ1v) is 11.8. The SMILES string of the molecule is c1ccc(C(c2nnnn2Cc2ccco2)N2CCN(c3nc4ccccc4s3)CC2)cc1. The van der Waals surface area contributed by atoms with E-state index in [-0.39, 0.29) is 6.04 Å². The van der Waals surface area contributed by atoms with Crippen LogP contribution in [0.5, 0.6) is 0 Å². The van der Waals surface area contributed by atoms with E-state index in [2.05, 4.69) is 67.8 Å². The summed E-state index contributed by atoms with van der Waals surface area (Å²) in [5, 5.41) is 13.8. The van der Waals surface area contributed by atoms with E-state index < -0.39 is 0 Å². The summed E-state index contributed by atoms with van der Waals surface area (Å²) in [5.41, 5.74) is 2.25. The minimum atomic E-state index is -0.0336. The topological polar surface area (TPSA) is 76.1 Å². The molecule has 0 bridgehead atoms. The van der Waals surface area contributed by atoms with Gasteiger partial charge in [0.15, 0.2) is 11.0 Å². The summed E-state index contributed by atoms with van der Waals surface area (Å²) in [7, 11) is 0. The van der Waals surface area contributed by atoms with Crippen LogP contribution >= 0.6 is 11.3 Å². The van der Waals surface area contributed by atoms with Crippen molar-refractivity contribution in [3.63, 3.8) is 0 Å². The van der Waals surface area contributed by atoms with Gasteiger partial charge in [0.2, 0.25) is 0 Å². The van der Waals surface area contributed by atoms with Crippen molar-refractivity contribution < 1.29 is 4.42 Å². The number of para-hydroxylation sites is 1. The van der Waals surface area contributed by atoms with E-state index >= 15 is 0 Å². The number of thiazole rings is 1. The van der Waals surface area contributed by atoms with Crippen LogP contribution in [0.15, 0.2) is 77.4 Å².